The standard InChI is InChI=1S/C16H25N3O3S.ClH/c1-3-23(21,22)18-11-13-6-8-14(9-7-13)16(20)19-10-4-5-15(12-19)17-2;/h6-9,15,17-18H,3-5,10-12H2,1-2H3;1H. The molecule has 1 atom stereocenters. The average molecular weight is 376 g/mol. The number of halogens is 1. The number of sulfonamides is 1. The van der Waals surface area contributed by atoms with Gasteiger partial charge in [-0.1, -0.05) is 12.1 Å². The van der Waals surface area contributed by atoms with Gasteiger partial charge in [-0.15, -0.1) is 12.4 Å². The highest BCUT2D eigenvalue weighted by atomic mass is 35.5. The summed E-state index contributed by atoms with van der Waals surface area (Å²) in [6.07, 6.45) is 2.10. The Kier molecular flexibility index (Phi) is 8.15. The van der Waals surface area contributed by atoms with Gasteiger partial charge in [-0.3, -0.25) is 4.79 Å². The summed E-state index contributed by atoms with van der Waals surface area (Å²) in [7, 11) is -1.28. The largest absolute Gasteiger partial charge is 0.337 e. The van der Waals surface area contributed by atoms with Crippen LogP contribution in [0.3, 0.4) is 0 Å². The maximum absolute atomic E-state index is 12.5. The summed E-state index contributed by atoms with van der Waals surface area (Å²) >= 11 is 0. The van der Waals surface area contributed by atoms with E-state index in [2.05, 4.69) is 10.0 Å². The van der Waals surface area contributed by atoms with Gasteiger partial charge in [-0.05, 0) is 44.5 Å². The fraction of sp³-hybridized carbons (Fsp3) is 0.562. The molecule has 1 fully saturated rings. The minimum Gasteiger partial charge on any atom is -0.337 e. The summed E-state index contributed by atoms with van der Waals surface area (Å²) < 4.78 is 25.4. The molecule has 0 spiro atoms. The number of likely N-dealkylation sites (tertiary alicyclic amines) is 1. The van der Waals surface area contributed by atoms with Crippen LogP contribution in [0, 0.1) is 0 Å². The van der Waals surface area contributed by atoms with Crippen molar-refractivity contribution in [2.24, 2.45) is 0 Å². The second kappa shape index (κ2) is 9.36. The number of amides is 1. The van der Waals surface area contributed by atoms with E-state index < -0.39 is 10.0 Å². The first kappa shape index (κ1) is 20.9. The van der Waals surface area contributed by atoms with Crippen LogP contribution in [0.25, 0.3) is 0 Å². The Morgan fingerprint density at radius 2 is 1.96 bits per heavy atom. The quantitative estimate of drug-likeness (QED) is 0.787. The van der Waals surface area contributed by atoms with E-state index in [4.69, 9.17) is 0 Å². The van der Waals surface area contributed by atoms with Crippen LogP contribution in [-0.4, -0.2) is 51.2 Å². The number of nitrogens with one attached hydrogen (secondary N) is 2. The summed E-state index contributed by atoms with van der Waals surface area (Å²) in [5, 5.41) is 3.23. The fourth-order valence-electron chi connectivity index (χ4n) is 2.64. The Morgan fingerprint density at radius 3 is 2.54 bits per heavy atom. The van der Waals surface area contributed by atoms with E-state index in [9.17, 15) is 13.2 Å². The molecule has 1 saturated heterocycles. The molecule has 1 aliphatic heterocycles. The van der Waals surface area contributed by atoms with Gasteiger partial charge in [0.15, 0.2) is 0 Å². The molecule has 2 rings (SSSR count). The van der Waals surface area contributed by atoms with E-state index in [1.165, 1.54) is 0 Å². The second-order valence-electron chi connectivity index (χ2n) is 5.80. The zero-order valence-corrected chi connectivity index (χ0v) is 15.8. The summed E-state index contributed by atoms with van der Waals surface area (Å²) in [5.41, 5.74) is 1.48. The number of piperidine rings is 1. The summed E-state index contributed by atoms with van der Waals surface area (Å²) in [6.45, 7) is 3.36. The molecular weight excluding hydrogens is 350 g/mol. The minimum absolute atomic E-state index is 0. The van der Waals surface area contributed by atoms with Crippen molar-refractivity contribution in [2.45, 2.75) is 32.4 Å². The molecule has 136 valence electrons. The summed E-state index contributed by atoms with van der Waals surface area (Å²) in [5.74, 6) is 0.0937. The van der Waals surface area contributed by atoms with Gasteiger partial charge < -0.3 is 10.2 Å². The van der Waals surface area contributed by atoms with Crippen LogP contribution >= 0.6 is 12.4 Å². The predicted octanol–water partition coefficient (Wildman–Crippen LogP) is 1.37. The number of carbonyl (C=O) groups excluding carboxylic acids is 1. The lowest BCUT2D eigenvalue weighted by Gasteiger charge is -2.32. The summed E-state index contributed by atoms with van der Waals surface area (Å²) in [6, 6.07) is 7.48. The molecule has 1 amide bonds. The maximum atomic E-state index is 12.5. The highest BCUT2D eigenvalue weighted by Crippen LogP contribution is 2.14. The maximum Gasteiger partial charge on any atom is 0.253 e. The van der Waals surface area contributed by atoms with E-state index in [0.29, 0.717) is 11.6 Å². The highest BCUT2D eigenvalue weighted by molar-refractivity contribution is 7.89. The number of benzene rings is 1. The van der Waals surface area contributed by atoms with Gasteiger partial charge in [0.2, 0.25) is 10.0 Å². The predicted molar refractivity (Wildman–Crippen MR) is 98.0 cm³/mol. The SMILES string of the molecule is CCS(=O)(=O)NCc1ccc(C(=O)N2CCCC(NC)C2)cc1.Cl. The van der Waals surface area contributed by atoms with Gasteiger partial charge >= 0.3 is 0 Å². The highest BCUT2D eigenvalue weighted by Gasteiger charge is 2.23. The molecule has 6 nitrogen and oxygen atoms in total. The lowest BCUT2D eigenvalue weighted by atomic mass is 10.0. The molecule has 0 bridgehead atoms. The Hall–Kier alpha value is -1.15. The molecular formula is C16H26ClN3O3S. The van der Waals surface area contributed by atoms with E-state index in [-0.39, 0.29) is 30.6 Å². The average Bonchev–Trinajstić information content (AvgIpc) is 2.60. The first-order chi connectivity index (χ1) is 10.9. The van der Waals surface area contributed by atoms with Crippen LogP contribution in [-0.2, 0) is 16.6 Å². The van der Waals surface area contributed by atoms with Crippen LogP contribution in [0.5, 0.6) is 0 Å². The topological polar surface area (TPSA) is 78.5 Å². The van der Waals surface area contributed by atoms with Crippen molar-refractivity contribution < 1.29 is 13.2 Å². The Labute approximate surface area is 150 Å². The second-order valence-corrected chi connectivity index (χ2v) is 7.90. The van der Waals surface area contributed by atoms with Crippen LogP contribution in [0.1, 0.15) is 35.7 Å². The Bertz CT molecular complexity index is 634. The molecule has 24 heavy (non-hydrogen) atoms. The number of nitrogens with zero attached hydrogens (tertiary/aromatic N) is 1. The first-order valence-electron chi connectivity index (χ1n) is 7.98. The van der Waals surface area contributed by atoms with E-state index in [0.717, 1.165) is 31.5 Å². The zero-order chi connectivity index (χ0) is 16.9. The van der Waals surface area contributed by atoms with Crippen molar-refractivity contribution in [3.05, 3.63) is 35.4 Å². The molecule has 0 saturated carbocycles. The third-order valence-electron chi connectivity index (χ3n) is 4.19. The van der Waals surface area contributed by atoms with Crippen molar-refractivity contribution in [2.75, 3.05) is 25.9 Å². The number of likely N-dealkylation sites (N-methyl/N-ethyl adjacent to an activating group) is 1. The molecule has 0 aromatic heterocycles. The molecule has 2 N–H and O–H groups in total. The Balaban J connectivity index is 0.00000288. The first-order valence-corrected chi connectivity index (χ1v) is 9.63. The van der Waals surface area contributed by atoms with Crippen molar-refractivity contribution >= 4 is 28.3 Å². The molecule has 0 aliphatic carbocycles. The lowest BCUT2D eigenvalue weighted by molar-refractivity contribution is 0.0698. The van der Waals surface area contributed by atoms with Crippen LogP contribution in [0.2, 0.25) is 0 Å². The number of rotatable bonds is 6. The number of carbonyl (C=O) groups is 1. The van der Waals surface area contributed by atoms with Gasteiger partial charge in [0.05, 0.1) is 5.75 Å². The molecule has 0 radical (unpaired) electrons. The third-order valence-corrected chi connectivity index (χ3v) is 5.54. The minimum atomic E-state index is -3.20. The van der Waals surface area contributed by atoms with Crippen molar-refractivity contribution in [3.8, 4) is 0 Å². The smallest absolute Gasteiger partial charge is 0.253 e. The van der Waals surface area contributed by atoms with Gasteiger partial charge in [0.25, 0.3) is 5.91 Å². The normalized spacial score (nSPS) is 18.1. The molecule has 1 aromatic rings. The third kappa shape index (κ3) is 5.73. The number of hydrogen-bond acceptors (Lipinski definition) is 4. The van der Waals surface area contributed by atoms with Gasteiger partial charge in [-0.2, -0.15) is 0 Å². The van der Waals surface area contributed by atoms with Gasteiger partial charge in [0, 0.05) is 31.2 Å². The van der Waals surface area contributed by atoms with Gasteiger partial charge in [0.1, 0.15) is 0 Å². The van der Waals surface area contributed by atoms with Crippen molar-refractivity contribution in [3.63, 3.8) is 0 Å². The summed E-state index contributed by atoms with van der Waals surface area (Å²) in [4.78, 5) is 14.4. The van der Waals surface area contributed by atoms with Crippen LogP contribution in [0.4, 0.5) is 0 Å². The van der Waals surface area contributed by atoms with Crippen molar-refractivity contribution in [1.82, 2.24) is 14.9 Å². The molecule has 1 aromatic carbocycles. The van der Waals surface area contributed by atoms with Gasteiger partial charge in [-0.25, -0.2) is 13.1 Å². The van der Waals surface area contributed by atoms with Crippen LogP contribution < -0.4 is 10.0 Å². The van der Waals surface area contributed by atoms with E-state index in [1.54, 1.807) is 31.2 Å². The molecule has 1 unspecified atom stereocenters. The molecule has 1 aliphatic rings. The number of hydrogen-bond donors (Lipinski definition) is 2. The lowest BCUT2D eigenvalue weighted by Crippen LogP contribution is -2.46. The molecule has 8 heteroatoms. The fourth-order valence-corrected chi connectivity index (χ4v) is 3.23. The monoisotopic (exact) mass is 375 g/mol. The van der Waals surface area contributed by atoms with Crippen molar-refractivity contribution in [1.29, 1.82) is 0 Å². The van der Waals surface area contributed by atoms with E-state index >= 15 is 0 Å². The van der Waals surface area contributed by atoms with E-state index in [1.807, 2.05) is 11.9 Å². The van der Waals surface area contributed by atoms with Crippen LogP contribution in [0.15, 0.2) is 24.3 Å². The molecule has 1 heterocycles. The zero-order valence-electron chi connectivity index (χ0n) is 14.1. The Morgan fingerprint density at radius 1 is 1.29 bits per heavy atom.